The molecule has 2 aromatic heterocycles. The van der Waals surface area contributed by atoms with Crippen LogP contribution in [0.2, 0.25) is 0 Å². The van der Waals surface area contributed by atoms with E-state index >= 15 is 0 Å². The largest absolute Gasteiger partial charge is 0.419 e. The Morgan fingerprint density at radius 1 is 1.16 bits per heavy atom. The third-order valence-electron chi connectivity index (χ3n) is 3.84. The van der Waals surface area contributed by atoms with Crippen LogP contribution in [0.4, 0.5) is 4.39 Å². The van der Waals surface area contributed by atoms with Crippen molar-refractivity contribution < 1.29 is 8.81 Å². The highest BCUT2D eigenvalue weighted by Crippen LogP contribution is 2.22. The average molecular weight is 355 g/mol. The number of para-hydroxylation sites is 2. The molecular formula is C18H14FN3O2S. The Morgan fingerprint density at radius 3 is 2.80 bits per heavy atom. The van der Waals surface area contributed by atoms with Crippen LogP contribution in [0.3, 0.4) is 0 Å². The zero-order chi connectivity index (χ0) is 17.2. The van der Waals surface area contributed by atoms with Crippen molar-refractivity contribution in [3.8, 4) is 11.3 Å². The topological polar surface area (TPSA) is 63.8 Å². The fourth-order valence-corrected chi connectivity index (χ4v) is 3.39. The second kappa shape index (κ2) is 6.60. The molecule has 2 aromatic carbocycles. The first-order valence-electron chi connectivity index (χ1n) is 7.73. The lowest BCUT2D eigenvalue weighted by atomic mass is 10.2. The molecule has 0 spiro atoms. The van der Waals surface area contributed by atoms with Crippen LogP contribution in [-0.2, 0) is 6.54 Å². The number of fused-ring (bicyclic) bond motifs is 1. The van der Waals surface area contributed by atoms with E-state index in [0.717, 1.165) is 21.9 Å². The molecule has 0 saturated carbocycles. The Labute approximate surface area is 146 Å². The van der Waals surface area contributed by atoms with Crippen molar-refractivity contribution in [3.63, 3.8) is 0 Å². The molecular weight excluding hydrogens is 341 g/mol. The zero-order valence-electron chi connectivity index (χ0n) is 13.1. The third-order valence-corrected chi connectivity index (χ3v) is 4.70. The third kappa shape index (κ3) is 3.23. The lowest BCUT2D eigenvalue weighted by Crippen LogP contribution is -2.15. The van der Waals surface area contributed by atoms with Crippen LogP contribution in [0.1, 0.15) is 0 Å². The van der Waals surface area contributed by atoms with E-state index in [1.807, 2.05) is 18.2 Å². The standard InChI is InChI=1S/C18H14FN3O2S/c19-13-7-5-12(6-8-13)14-11-20-17(21-14)25-10-9-22-15-3-1-2-4-16(15)24-18(22)23/h1-8,11H,9-10H2,(H,20,21). The second-order valence-corrected chi connectivity index (χ2v) is 6.53. The number of imidazole rings is 1. The summed E-state index contributed by atoms with van der Waals surface area (Å²) in [5, 5.41) is 0.750. The SMILES string of the molecule is O=c1oc2ccccc2n1CCSc1ncc(-c2ccc(F)cc2)[nH]1. The fraction of sp³-hybridized carbons (Fsp3) is 0.111. The molecule has 7 heteroatoms. The summed E-state index contributed by atoms with van der Waals surface area (Å²) in [5.41, 5.74) is 3.08. The number of rotatable bonds is 5. The second-order valence-electron chi connectivity index (χ2n) is 5.44. The first kappa shape index (κ1) is 15.7. The predicted octanol–water partition coefficient (Wildman–Crippen LogP) is 3.92. The molecule has 0 fully saturated rings. The van der Waals surface area contributed by atoms with Crippen molar-refractivity contribution >= 4 is 22.9 Å². The van der Waals surface area contributed by atoms with Gasteiger partial charge in [-0.25, -0.2) is 14.2 Å². The van der Waals surface area contributed by atoms with Crippen molar-refractivity contribution in [2.75, 3.05) is 5.75 Å². The molecule has 0 aliphatic rings. The first-order valence-corrected chi connectivity index (χ1v) is 8.71. The maximum atomic E-state index is 13.0. The number of aryl methyl sites for hydroxylation is 1. The summed E-state index contributed by atoms with van der Waals surface area (Å²) in [6, 6.07) is 13.6. The lowest BCUT2D eigenvalue weighted by Gasteiger charge is -2.01. The zero-order valence-corrected chi connectivity index (χ0v) is 13.9. The van der Waals surface area contributed by atoms with Gasteiger partial charge in [-0.3, -0.25) is 4.57 Å². The molecule has 0 aliphatic carbocycles. The average Bonchev–Trinajstić information content (AvgIpc) is 3.21. The highest BCUT2D eigenvalue weighted by molar-refractivity contribution is 7.99. The molecule has 4 rings (SSSR count). The van der Waals surface area contributed by atoms with Gasteiger partial charge >= 0.3 is 5.76 Å². The van der Waals surface area contributed by atoms with Crippen LogP contribution in [-0.4, -0.2) is 20.3 Å². The summed E-state index contributed by atoms with van der Waals surface area (Å²) in [6.45, 7) is 0.521. The van der Waals surface area contributed by atoms with E-state index in [4.69, 9.17) is 4.42 Å². The van der Waals surface area contributed by atoms with Gasteiger partial charge in [-0.05, 0) is 42.0 Å². The summed E-state index contributed by atoms with van der Waals surface area (Å²) >= 11 is 1.51. The van der Waals surface area contributed by atoms with Gasteiger partial charge in [0.05, 0.1) is 17.4 Å². The van der Waals surface area contributed by atoms with Crippen LogP contribution in [0.25, 0.3) is 22.4 Å². The van der Waals surface area contributed by atoms with E-state index in [1.165, 1.54) is 23.9 Å². The van der Waals surface area contributed by atoms with Gasteiger partial charge < -0.3 is 9.40 Å². The number of nitrogens with one attached hydrogen (secondary N) is 1. The number of benzene rings is 2. The highest BCUT2D eigenvalue weighted by atomic mass is 32.2. The van der Waals surface area contributed by atoms with Crippen molar-refractivity contribution in [2.45, 2.75) is 11.7 Å². The van der Waals surface area contributed by atoms with Gasteiger partial charge in [0.15, 0.2) is 10.7 Å². The Hall–Kier alpha value is -2.80. The number of oxazole rings is 1. The number of thioether (sulfide) groups is 1. The van der Waals surface area contributed by atoms with Crippen molar-refractivity contribution in [1.29, 1.82) is 0 Å². The maximum absolute atomic E-state index is 13.0. The van der Waals surface area contributed by atoms with E-state index in [0.29, 0.717) is 17.9 Å². The van der Waals surface area contributed by atoms with Gasteiger partial charge in [0.25, 0.3) is 0 Å². The van der Waals surface area contributed by atoms with E-state index < -0.39 is 0 Å². The number of H-pyrrole nitrogens is 1. The molecule has 2 heterocycles. The smallest absolute Gasteiger partial charge is 0.408 e. The summed E-state index contributed by atoms with van der Waals surface area (Å²) < 4.78 is 19.8. The molecule has 0 bridgehead atoms. The van der Waals surface area contributed by atoms with Crippen LogP contribution in [0.15, 0.2) is 69.1 Å². The molecule has 5 nitrogen and oxygen atoms in total. The molecule has 4 aromatic rings. The van der Waals surface area contributed by atoms with Gasteiger partial charge in [-0.1, -0.05) is 23.9 Å². The highest BCUT2D eigenvalue weighted by Gasteiger charge is 2.09. The molecule has 0 atom stereocenters. The maximum Gasteiger partial charge on any atom is 0.419 e. The number of nitrogens with zero attached hydrogens (tertiary/aromatic N) is 2. The molecule has 0 aliphatic heterocycles. The van der Waals surface area contributed by atoms with Crippen molar-refractivity contribution in [3.05, 3.63) is 71.1 Å². The molecule has 0 amide bonds. The summed E-state index contributed by atoms with van der Waals surface area (Å²) in [4.78, 5) is 19.5. The summed E-state index contributed by atoms with van der Waals surface area (Å²) in [6.07, 6.45) is 1.72. The Morgan fingerprint density at radius 2 is 1.96 bits per heavy atom. The van der Waals surface area contributed by atoms with Crippen molar-refractivity contribution in [2.24, 2.45) is 0 Å². The van der Waals surface area contributed by atoms with E-state index in [1.54, 1.807) is 29.0 Å². The normalized spacial score (nSPS) is 11.2. The van der Waals surface area contributed by atoms with Crippen LogP contribution in [0, 0.1) is 5.82 Å². The van der Waals surface area contributed by atoms with Gasteiger partial charge in [-0.15, -0.1) is 0 Å². The lowest BCUT2D eigenvalue weighted by molar-refractivity contribution is 0.514. The number of aromatic amines is 1. The van der Waals surface area contributed by atoms with Gasteiger partial charge in [0.2, 0.25) is 0 Å². The van der Waals surface area contributed by atoms with E-state index in [9.17, 15) is 9.18 Å². The Bertz CT molecular complexity index is 1070. The molecule has 25 heavy (non-hydrogen) atoms. The first-order chi connectivity index (χ1) is 12.2. The minimum absolute atomic E-state index is 0.268. The van der Waals surface area contributed by atoms with Gasteiger partial charge in [0.1, 0.15) is 5.82 Å². The molecule has 0 radical (unpaired) electrons. The quantitative estimate of drug-likeness (QED) is 0.551. The van der Waals surface area contributed by atoms with E-state index in [2.05, 4.69) is 9.97 Å². The number of aromatic nitrogens is 3. The Balaban J connectivity index is 1.44. The van der Waals surface area contributed by atoms with Gasteiger partial charge in [0, 0.05) is 12.3 Å². The molecule has 126 valence electrons. The monoisotopic (exact) mass is 355 g/mol. The number of hydrogen-bond donors (Lipinski definition) is 1. The minimum Gasteiger partial charge on any atom is -0.408 e. The number of halogens is 1. The van der Waals surface area contributed by atoms with E-state index in [-0.39, 0.29) is 11.6 Å². The molecule has 0 unspecified atom stereocenters. The number of hydrogen-bond acceptors (Lipinski definition) is 4. The predicted molar refractivity (Wildman–Crippen MR) is 95.2 cm³/mol. The van der Waals surface area contributed by atoms with Gasteiger partial charge in [-0.2, -0.15) is 0 Å². The molecule has 1 N–H and O–H groups in total. The van der Waals surface area contributed by atoms with Crippen LogP contribution >= 0.6 is 11.8 Å². The van der Waals surface area contributed by atoms with Crippen LogP contribution < -0.4 is 5.76 Å². The summed E-state index contributed by atoms with van der Waals surface area (Å²) in [5.74, 6) is 0.0451. The summed E-state index contributed by atoms with van der Waals surface area (Å²) in [7, 11) is 0. The Kier molecular flexibility index (Phi) is 4.15. The van der Waals surface area contributed by atoms with Crippen LogP contribution in [0.5, 0.6) is 0 Å². The molecule has 0 saturated heterocycles. The fourth-order valence-electron chi connectivity index (χ4n) is 2.61. The minimum atomic E-state index is -0.353. The van der Waals surface area contributed by atoms with Crippen molar-refractivity contribution in [1.82, 2.24) is 14.5 Å².